The number of hydrogen-bond acceptors (Lipinski definition) is 3. The maximum atomic E-state index is 12.4. The van der Waals surface area contributed by atoms with Gasteiger partial charge in [-0.1, -0.05) is 19.1 Å². The Hall–Kier alpha value is -2.49. The quantitative estimate of drug-likeness (QED) is 0.818. The van der Waals surface area contributed by atoms with Gasteiger partial charge in [0.05, 0.1) is 18.3 Å². The average Bonchev–Trinajstić information content (AvgIpc) is 2.57. The molecule has 0 saturated carbocycles. The third-order valence-electron chi connectivity index (χ3n) is 3.46. The van der Waals surface area contributed by atoms with E-state index < -0.39 is 0 Å². The minimum atomic E-state index is -0.190. The minimum Gasteiger partial charge on any atom is -0.493 e. The van der Waals surface area contributed by atoms with Crippen molar-refractivity contribution in [2.75, 3.05) is 11.9 Å². The standard InChI is InChI=1S/C19H23NO3/c1-4-14(3)23-16-12-10-15(11-13-16)20-19(21)17-8-6-7-9-18(17)22-5-2/h6-14H,4-5H2,1-3H3,(H,20,21). The van der Waals surface area contributed by atoms with Gasteiger partial charge in [0.25, 0.3) is 5.91 Å². The molecule has 4 heteroatoms. The molecule has 23 heavy (non-hydrogen) atoms. The summed E-state index contributed by atoms with van der Waals surface area (Å²) < 4.78 is 11.2. The Kier molecular flexibility index (Phi) is 6.03. The second-order valence-corrected chi connectivity index (χ2v) is 5.24. The van der Waals surface area contributed by atoms with E-state index in [9.17, 15) is 4.79 Å². The van der Waals surface area contributed by atoms with Gasteiger partial charge in [-0.15, -0.1) is 0 Å². The molecule has 0 saturated heterocycles. The Morgan fingerprint density at radius 2 is 1.78 bits per heavy atom. The Morgan fingerprint density at radius 1 is 1.09 bits per heavy atom. The number of carbonyl (C=O) groups is 1. The molecule has 0 aromatic heterocycles. The highest BCUT2D eigenvalue weighted by molar-refractivity contribution is 6.06. The number of hydrogen-bond donors (Lipinski definition) is 1. The summed E-state index contributed by atoms with van der Waals surface area (Å²) in [6.07, 6.45) is 1.13. The zero-order valence-electron chi connectivity index (χ0n) is 13.8. The third-order valence-corrected chi connectivity index (χ3v) is 3.46. The number of carbonyl (C=O) groups excluding carboxylic acids is 1. The molecule has 0 radical (unpaired) electrons. The molecule has 0 aliphatic carbocycles. The molecule has 0 heterocycles. The van der Waals surface area contributed by atoms with E-state index in [0.717, 1.165) is 17.9 Å². The maximum Gasteiger partial charge on any atom is 0.259 e. The molecule has 0 bridgehead atoms. The van der Waals surface area contributed by atoms with Crippen LogP contribution in [0.1, 0.15) is 37.6 Å². The molecule has 122 valence electrons. The SMILES string of the molecule is CCOc1ccccc1C(=O)Nc1ccc(OC(C)CC)cc1. The highest BCUT2D eigenvalue weighted by Crippen LogP contribution is 2.21. The predicted octanol–water partition coefficient (Wildman–Crippen LogP) is 4.51. The highest BCUT2D eigenvalue weighted by Gasteiger charge is 2.12. The fraction of sp³-hybridized carbons (Fsp3) is 0.316. The van der Waals surface area contributed by atoms with Gasteiger partial charge in [0.15, 0.2) is 0 Å². The molecule has 0 spiro atoms. The highest BCUT2D eigenvalue weighted by atomic mass is 16.5. The lowest BCUT2D eigenvalue weighted by atomic mass is 10.2. The fourth-order valence-electron chi connectivity index (χ4n) is 2.07. The molecule has 1 N–H and O–H groups in total. The van der Waals surface area contributed by atoms with Gasteiger partial charge in [0.1, 0.15) is 11.5 Å². The molecular weight excluding hydrogens is 290 g/mol. The normalized spacial score (nSPS) is 11.6. The van der Waals surface area contributed by atoms with Gasteiger partial charge in [-0.25, -0.2) is 0 Å². The minimum absolute atomic E-state index is 0.175. The molecule has 1 atom stereocenters. The van der Waals surface area contributed by atoms with Crippen LogP contribution in [0.5, 0.6) is 11.5 Å². The lowest BCUT2D eigenvalue weighted by Gasteiger charge is -2.13. The second-order valence-electron chi connectivity index (χ2n) is 5.24. The molecule has 2 rings (SSSR count). The summed E-state index contributed by atoms with van der Waals surface area (Å²) in [5.41, 5.74) is 1.24. The summed E-state index contributed by atoms with van der Waals surface area (Å²) in [6.45, 7) is 6.52. The average molecular weight is 313 g/mol. The zero-order chi connectivity index (χ0) is 16.7. The van der Waals surface area contributed by atoms with E-state index in [1.54, 1.807) is 12.1 Å². The number of benzene rings is 2. The number of amides is 1. The molecule has 2 aromatic rings. The number of para-hydroxylation sites is 1. The van der Waals surface area contributed by atoms with E-state index in [1.807, 2.05) is 50.2 Å². The van der Waals surface area contributed by atoms with Crippen LogP contribution >= 0.6 is 0 Å². The Morgan fingerprint density at radius 3 is 2.43 bits per heavy atom. The van der Waals surface area contributed by atoms with Gasteiger partial charge in [0.2, 0.25) is 0 Å². The Bertz CT molecular complexity index is 637. The monoisotopic (exact) mass is 313 g/mol. The van der Waals surface area contributed by atoms with E-state index in [4.69, 9.17) is 9.47 Å². The number of rotatable bonds is 7. The van der Waals surface area contributed by atoms with Crippen molar-refractivity contribution < 1.29 is 14.3 Å². The summed E-state index contributed by atoms with van der Waals surface area (Å²) in [7, 11) is 0. The van der Waals surface area contributed by atoms with Crippen LogP contribution in [0.25, 0.3) is 0 Å². The first kappa shape index (κ1) is 16.9. The molecule has 1 amide bonds. The van der Waals surface area contributed by atoms with E-state index in [1.165, 1.54) is 0 Å². The maximum absolute atomic E-state index is 12.4. The Labute approximate surface area is 137 Å². The summed E-state index contributed by atoms with van der Waals surface area (Å²) in [5, 5.41) is 2.88. The predicted molar refractivity (Wildman–Crippen MR) is 92.4 cm³/mol. The van der Waals surface area contributed by atoms with Crippen molar-refractivity contribution in [3.05, 3.63) is 54.1 Å². The summed E-state index contributed by atoms with van der Waals surface area (Å²) in [5.74, 6) is 1.20. The van der Waals surface area contributed by atoms with Crippen LogP contribution in [0, 0.1) is 0 Å². The van der Waals surface area contributed by atoms with Crippen molar-refractivity contribution in [3.63, 3.8) is 0 Å². The summed E-state index contributed by atoms with van der Waals surface area (Å²) in [4.78, 5) is 12.4. The second kappa shape index (κ2) is 8.22. The molecule has 4 nitrogen and oxygen atoms in total. The van der Waals surface area contributed by atoms with Crippen LogP contribution in [0.4, 0.5) is 5.69 Å². The summed E-state index contributed by atoms with van der Waals surface area (Å²) >= 11 is 0. The first-order valence-corrected chi connectivity index (χ1v) is 7.94. The molecular formula is C19H23NO3. The lowest BCUT2D eigenvalue weighted by molar-refractivity contribution is 0.102. The van der Waals surface area contributed by atoms with Crippen LogP contribution in [-0.2, 0) is 0 Å². The van der Waals surface area contributed by atoms with Crippen molar-refractivity contribution >= 4 is 11.6 Å². The molecule has 1 unspecified atom stereocenters. The van der Waals surface area contributed by atoms with Crippen LogP contribution < -0.4 is 14.8 Å². The van der Waals surface area contributed by atoms with Crippen molar-refractivity contribution in [1.29, 1.82) is 0 Å². The first-order valence-electron chi connectivity index (χ1n) is 7.94. The van der Waals surface area contributed by atoms with Crippen LogP contribution in [0.3, 0.4) is 0 Å². The van der Waals surface area contributed by atoms with Gasteiger partial charge in [0, 0.05) is 5.69 Å². The van der Waals surface area contributed by atoms with Crippen LogP contribution in [0.2, 0.25) is 0 Å². The largest absolute Gasteiger partial charge is 0.493 e. The topological polar surface area (TPSA) is 47.6 Å². The van der Waals surface area contributed by atoms with Gasteiger partial charge >= 0.3 is 0 Å². The van der Waals surface area contributed by atoms with Crippen molar-refractivity contribution in [2.45, 2.75) is 33.3 Å². The number of nitrogens with one attached hydrogen (secondary N) is 1. The molecule has 0 aliphatic heterocycles. The zero-order valence-corrected chi connectivity index (χ0v) is 13.8. The number of ether oxygens (including phenoxy) is 2. The van der Waals surface area contributed by atoms with Crippen molar-refractivity contribution in [2.24, 2.45) is 0 Å². The van der Waals surface area contributed by atoms with Crippen LogP contribution in [0.15, 0.2) is 48.5 Å². The summed E-state index contributed by atoms with van der Waals surface area (Å²) in [6, 6.07) is 14.6. The fourth-order valence-corrected chi connectivity index (χ4v) is 2.07. The van der Waals surface area contributed by atoms with Crippen molar-refractivity contribution in [3.8, 4) is 11.5 Å². The van der Waals surface area contributed by atoms with Gasteiger partial charge in [-0.3, -0.25) is 4.79 Å². The lowest BCUT2D eigenvalue weighted by Crippen LogP contribution is -2.14. The van der Waals surface area contributed by atoms with Gasteiger partial charge in [-0.2, -0.15) is 0 Å². The van der Waals surface area contributed by atoms with Crippen LogP contribution in [-0.4, -0.2) is 18.6 Å². The van der Waals surface area contributed by atoms with E-state index in [0.29, 0.717) is 17.9 Å². The van der Waals surface area contributed by atoms with Crippen molar-refractivity contribution in [1.82, 2.24) is 0 Å². The van der Waals surface area contributed by atoms with Gasteiger partial charge in [-0.05, 0) is 56.7 Å². The molecule has 0 fully saturated rings. The van der Waals surface area contributed by atoms with E-state index in [-0.39, 0.29) is 12.0 Å². The Balaban J connectivity index is 2.06. The smallest absolute Gasteiger partial charge is 0.259 e. The van der Waals surface area contributed by atoms with Gasteiger partial charge < -0.3 is 14.8 Å². The molecule has 2 aromatic carbocycles. The van der Waals surface area contributed by atoms with E-state index >= 15 is 0 Å². The molecule has 0 aliphatic rings. The number of anilines is 1. The van der Waals surface area contributed by atoms with E-state index in [2.05, 4.69) is 12.2 Å². The first-order chi connectivity index (χ1) is 11.1. The third kappa shape index (κ3) is 4.74.